The van der Waals surface area contributed by atoms with Gasteiger partial charge in [-0.25, -0.2) is 21.8 Å². The Bertz CT molecular complexity index is 1620. The van der Waals surface area contributed by atoms with Crippen molar-refractivity contribution in [3.63, 3.8) is 0 Å². The second-order valence-corrected chi connectivity index (χ2v) is 14.1. The van der Waals surface area contributed by atoms with Crippen molar-refractivity contribution < 1.29 is 31.5 Å². The first-order valence-electron chi connectivity index (χ1n) is 9.33. The van der Waals surface area contributed by atoms with Gasteiger partial charge in [0, 0.05) is 29.8 Å². The molecule has 0 bridgehead atoms. The van der Waals surface area contributed by atoms with Gasteiger partial charge in [-0.2, -0.15) is 4.31 Å². The fourth-order valence-electron chi connectivity index (χ4n) is 3.40. The third-order valence-electron chi connectivity index (χ3n) is 4.86. The van der Waals surface area contributed by atoms with Gasteiger partial charge in [-0.3, -0.25) is 18.8 Å². The van der Waals surface area contributed by atoms with Gasteiger partial charge in [0.25, 0.3) is 21.5 Å². The number of nitrogens with one attached hydrogen (secondary N) is 1. The van der Waals surface area contributed by atoms with Crippen LogP contribution in [0.25, 0.3) is 4.96 Å². The van der Waals surface area contributed by atoms with E-state index in [1.165, 1.54) is 16.4 Å². The lowest BCUT2D eigenvalue weighted by Crippen LogP contribution is -2.38. The van der Waals surface area contributed by atoms with Gasteiger partial charge in [-0.05, 0) is 12.1 Å². The molecule has 2 N–H and O–H groups in total. The molecule has 34 heavy (non-hydrogen) atoms. The minimum Gasteiger partial charge on any atom is -0.480 e. The number of carboxylic acid groups (broad SMARTS) is 1. The van der Waals surface area contributed by atoms with Gasteiger partial charge in [-0.15, -0.1) is 11.3 Å². The molecule has 4 rings (SSSR count). The van der Waals surface area contributed by atoms with E-state index in [1.807, 2.05) is 5.32 Å². The van der Waals surface area contributed by atoms with E-state index in [-0.39, 0.29) is 28.7 Å². The van der Waals surface area contributed by atoms with E-state index in [4.69, 9.17) is 16.7 Å². The first kappa shape index (κ1) is 24.7. The Kier molecular flexibility index (Phi) is 6.32. The fraction of sp³-hybridized carbons (Fsp3) is 0.294. The van der Waals surface area contributed by atoms with E-state index in [0.29, 0.717) is 14.9 Å². The standard InChI is InChI=1S/C17H15ClN4O8S4/c1-33(27,28)15-13(14(25)19-6-11(23)24)16(26)22-8-4-5-21(7-9(8)31-17(22)20-15)34(29,30)12-3-2-10(18)32-12/h2-3H,4-7H2,1H3,(H,19,25)(H,23,24). The van der Waals surface area contributed by atoms with E-state index in [2.05, 4.69) is 4.98 Å². The number of aliphatic carboxylic acids is 1. The van der Waals surface area contributed by atoms with Crippen LogP contribution in [0.4, 0.5) is 0 Å². The number of hydrogen-bond donors (Lipinski definition) is 2. The number of carbonyl (C=O) groups excluding carboxylic acids is 1. The number of thiophene rings is 1. The summed E-state index contributed by atoms with van der Waals surface area (Å²) < 4.78 is 53.2. The number of sulfone groups is 1. The van der Waals surface area contributed by atoms with Crippen LogP contribution >= 0.6 is 34.3 Å². The number of nitrogens with zero attached hydrogens (tertiary/aromatic N) is 3. The highest BCUT2D eigenvalue weighted by Gasteiger charge is 2.34. The molecule has 1 aliphatic rings. The van der Waals surface area contributed by atoms with Gasteiger partial charge < -0.3 is 10.4 Å². The Labute approximate surface area is 205 Å². The van der Waals surface area contributed by atoms with Crippen LogP contribution in [-0.2, 0) is 37.6 Å². The van der Waals surface area contributed by atoms with Crippen molar-refractivity contribution in [1.29, 1.82) is 0 Å². The average Bonchev–Trinajstić information content (AvgIpc) is 3.34. The predicted molar refractivity (Wildman–Crippen MR) is 123 cm³/mol. The molecule has 0 aliphatic carbocycles. The van der Waals surface area contributed by atoms with Gasteiger partial charge in [0.05, 0.1) is 10.9 Å². The second-order valence-electron chi connectivity index (χ2n) is 7.18. The molecular weight excluding hydrogens is 552 g/mol. The molecule has 0 atom stereocenters. The number of thiazole rings is 1. The summed E-state index contributed by atoms with van der Waals surface area (Å²) >= 11 is 7.71. The van der Waals surface area contributed by atoms with E-state index >= 15 is 0 Å². The summed E-state index contributed by atoms with van der Waals surface area (Å²) in [5.74, 6) is -2.58. The number of sulfonamides is 1. The zero-order valence-electron chi connectivity index (χ0n) is 17.1. The number of carbonyl (C=O) groups is 2. The summed E-state index contributed by atoms with van der Waals surface area (Å²) in [4.78, 5) is 41.0. The van der Waals surface area contributed by atoms with Gasteiger partial charge in [0.1, 0.15) is 16.3 Å². The van der Waals surface area contributed by atoms with Crippen molar-refractivity contribution in [2.45, 2.75) is 22.2 Å². The molecule has 12 nitrogen and oxygen atoms in total. The topological polar surface area (TPSA) is 172 Å². The maximum atomic E-state index is 13.2. The van der Waals surface area contributed by atoms with Crippen molar-refractivity contribution in [2.75, 3.05) is 19.3 Å². The summed E-state index contributed by atoms with van der Waals surface area (Å²) in [6, 6.07) is 2.87. The Morgan fingerprint density at radius 3 is 2.53 bits per heavy atom. The van der Waals surface area contributed by atoms with Gasteiger partial charge in [0.15, 0.2) is 19.8 Å². The summed E-state index contributed by atoms with van der Waals surface area (Å²) in [5.41, 5.74) is -1.38. The highest BCUT2D eigenvalue weighted by molar-refractivity contribution is 7.91. The number of hydrogen-bond acceptors (Lipinski definition) is 10. The van der Waals surface area contributed by atoms with Gasteiger partial charge >= 0.3 is 5.97 Å². The van der Waals surface area contributed by atoms with Crippen LogP contribution in [0.1, 0.15) is 20.9 Å². The number of rotatable bonds is 6. The molecule has 17 heteroatoms. The summed E-state index contributed by atoms with van der Waals surface area (Å²) in [5, 5.41) is 9.99. The van der Waals surface area contributed by atoms with Crippen molar-refractivity contribution >= 4 is 71.0 Å². The Balaban J connectivity index is 1.83. The number of carboxylic acids is 1. The van der Waals surface area contributed by atoms with Gasteiger partial charge in [0.2, 0.25) is 0 Å². The normalized spacial score (nSPS) is 14.8. The zero-order valence-corrected chi connectivity index (χ0v) is 21.2. The number of amides is 1. The molecule has 3 aromatic rings. The minimum absolute atomic E-state index is 0.0244. The monoisotopic (exact) mass is 566 g/mol. The van der Waals surface area contributed by atoms with Crippen molar-refractivity contribution in [3.05, 3.63) is 43.0 Å². The number of halogens is 1. The first-order valence-corrected chi connectivity index (χ1v) is 14.7. The van der Waals surface area contributed by atoms with Crippen molar-refractivity contribution in [1.82, 2.24) is 19.0 Å². The fourth-order valence-corrected chi connectivity index (χ4v) is 8.57. The molecule has 0 aromatic carbocycles. The molecule has 0 unspecified atom stereocenters. The van der Waals surface area contributed by atoms with Crippen LogP contribution in [0, 0.1) is 0 Å². The van der Waals surface area contributed by atoms with Crippen LogP contribution in [0.5, 0.6) is 0 Å². The smallest absolute Gasteiger partial charge is 0.322 e. The Morgan fingerprint density at radius 2 is 1.94 bits per heavy atom. The largest absolute Gasteiger partial charge is 0.480 e. The summed E-state index contributed by atoms with van der Waals surface area (Å²) in [6.45, 7) is -0.890. The maximum absolute atomic E-state index is 13.2. The third-order valence-corrected chi connectivity index (χ3v) is 10.5. The number of aromatic nitrogens is 2. The van der Waals surface area contributed by atoms with E-state index in [1.54, 1.807) is 0 Å². The van der Waals surface area contributed by atoms with E-state index < -0.39 is 54.4 Å². The SMILES string of the molecule is CS(=O)(=O)c1nc2sc3c(n2c(=O)c1C(=O)NCC(=O)O)CCN(S(=O)(=O)c1ccc(Cl)s1)C3. The van der Waals surface area contributed by atoms with Crippen LogP contribution < -0.4 is 10.9 Å². The average molecular weight is 567 g/mol. The molecule has 4 heterocycles. The third kappa shape index (κ3) is 4.36. The highest BCUT2D eigenvalue weighted by Crippen LogP contribution is 2.33. The van der Waals surface area contributed by atoms with Crippen molar-refractivity contribution in [3.8, 4) is 0 Å². The zero-order chi connectivity index (χ0) is 25.0. The van der Waals surface area contributed by atoms with Crippen LogP contribution in [-0.4, -0.2) is 66.9 Å². The quantitative estimate of drug-likeness (QED) is 0.401. The maximum Gasteiger partial charge on any atom is 0.322 e. The molecule has 0 radical (unpaired) electrons. The van der Waals surface area contributed by atoms with E-state index in [0.717, 1.165) is 33.3 Å². The lowest BCUT2D eigenvalue weighted by Gasteiger charge is -2.25. The number of fused-ring (bicyclic) bond motifs is 3. The Morgan fingerprint density at radius 1 is 1.24 bits per heavy atom. The lowest BCUT2D eigenvalue weighted by atomic mass is 10.2. The summed E-state index contributed by atoms with van der Waals surface area (Å²) in [7, 11) is -7.99. The molecule has 0 saturated heterocycles. The molecule has 3 aromatic heterocycles. The van der Waals surface area contributed by atoms with E-state index in [9.17, 15) is 31.2 Å². The molecule has 1 aliphatic heterocycles. The molecule has 182 valence electrons. The molecule has 0 saturated carbocycles. The predicted octanol–water partition coefficient (Wildman–Crippen LogP) is 0.436. The first-order chi connectivity index (χ1) is 15.8. The Hall–Kier alpha value is -2.37. The highest BCUT2D eigenvalue weighted by atomic mass is 35.5. The molecular formula is C17H15ClN4O8S4. The molecule has 0 spiro atoms. The lowest BCUT2D eigenvalue weighted by molar-refractivity contribution is -0.135. The van der Waals surface area contributed by atoms with Crippen LogP contribution in [0.2, 0.25) is 4.34 Å². The molecule has 0 fully saturated rings. The van der Waals surface area contributed by atoms with Gasteiger partial charge in [-0.1, -0.05) is 22.9 Å². The second kappa shape index (κ2) is 8.69. The molecule has 1 amide bonds. The minimum atomic E-state index is -4.14. The summed E-state index contributed by atoms with van der Waals surface area (Å²) in [6.07, 6.45) is 0.872. The van der Waals surface area contributed by atoms with Crippen molar-refractivity contribution in [2.24, 2.45) is 0 Å². The van der Waals surface area contributed by atoms with Crippen LogP contribution in [0.3, 0.4) is 0 Å². The van der Waals surface area contributed by atoms with Crippen LogP contribution in [0.15, 0.2) is 26.2 Å².